The van der Waals surface area contributed by atoms with Crippen molar-refractivity contribution in [2.45, 2.75) is 12.5 Å². The maximum absolute atomic E-state index is 10.9. The van der Waals surface area contributed by atoms with Crippen molar-refractivity contribution in [3.63, 3.8) is 0 Å². The van der Waals surface area contributed by atoms with Gasteiger partial charge in [0.15, 0.2) is 0 Å². The first-order chi connectivity index (χ1) is 7.06. The number of aliphatic hydroxyl groups excluding tert-OH is 1. The van der Waals surface area contributed by atoms with Gasteiger partial charge >= 0.3 is 5.97 Å². The van der Waals surface area contributed by atoms with E-state index in [1.165, 1.54) is 7.11 Å². The van der Waals surface area contributed by atoms with E-state index in [9.17, 15) is 4.79 Å². The van der Waals surface area contributed by atoms with E-state index >= 15 is 0 Å². The van der Waals surface area contributed by atoms with Gasteiger partial charge in [-0.15, -0.1) is 0 Å². The number of ether oxygens (including phenoxy) is 2. The first-order valence-corrected chi connectivity index (χ1v) is 4.73. The lowest BCUT2D eigenvalue weighted by molar-refractivity contribution is -0.146. The zero-order valence-corrected chi connectivity index (χ0v) is 9.15. The number of aliphatic hydroxyl groups is 1. The molecule has 0 amide bonds. The van der Waals surface area contributed by atoms with Crippen molar-refractivity contribution in [1.82, 2.24) is 5.32 Å². The highest BCUT2D eigenvalue weighted by Crippen LogP contribution is 2.03. The molecule has 0 rings (SSSR count). The molecule has 0 fully saturated rings. The Labute approximate surface area is 89.2 Å². The van der Waals surface area contributed by atoms with Crippen LogP contribution in [0.4, 0.5) is 0 Å². The molecule has 3 N–H and O–H groups in total. The van der Waals surface area contributed by atoms with Gasteiger partial charge in [-0.05, 0) is 6.92 Å². The molecule has 0 aromatic rings. The molecule has 1 atom stereocenters. The van der Waals surface area contributed by atoms with Crippen molar-refractivity contribution >= 4 is 5.97 Å². The Morgan fingerprint density at radius 2 is 2.13 bits per heavy atom. The quantitative estimate of drug-likeness (QED) is 0.436. The van der Waals surface area contributed by atoms with Crippen LogP contribution < -0.4 is 5.32 Å². The molecule has 0 saturated carbocycles. The maximum atomic E-state index is 10.9. The number of methoxy groups -OCH3 is 1. The molecule has 0 aliphatic heterocycles. The van der Waals surface area contributed by atoms with Gasteiger partial charge in [0.2, 0.25) is 0 Å². The fourth-order valence-electron chi connectivity index (χ4n) is 1.04. The molecule has 6 nitrogen and oxygen atoms in total. The molecule has 1 unspecified atom stereocenters. The Morgan fingerprint density at radius 3 is 2.60 bits per heavy atom. The summed E-state index contributed by atoms with van der Waals surface area (Å²) >= 11 is 0. The molecule has 0 aliphatic rings. The normalized spacial score (nSPS) is 14.9. The van der Waals surface area contributed by atoms with Crippen LogP contribution in [0.2, 0.25) is 0 Å². The van der Waals surface area contributed by atoms with Gasteiger partial charge in [-0.25, -0.2) is 0 Å². The van der Waals surface area contributed by atoms with Gasteiger partial charge in [-0.3, -0.25) is 10.1 Å². The highest BCUT2D eigenvalue weighted by Gasteiger charge is 2.32. The van der Waals surface area contributed by atoms with E-state index in [4.69, 9.17) is 19.7 Å². The predicted octanol–water partition coefficient (Wildman–Crippen LogP) is -0.925. The Morgan fingerprint density at radius 1 is 1.47 bits per heavy atom. The SMILES string of the molecule is COCC(C)(NCCOCCO)C(=O)O. The summed E-state index contributed by atoms with van der Waals surface area (Å²) in [5, 5.41) is 20.2. The number of rotatable bonds is 9. The lowest BCUT2D eigenvalue weighted by atomic mass is 10.0. The largest absolute Gasteiger partial charge is 0.480 e. The molecular formula is C9H19NO5. The van der Waals surface area contributed by atoms with Gasteiger partial charge in [0.05, 0.1) is 26.4 Å². The van der Waals surface area contributed by atoms with E-state index in [2.05, 4.69) is 5.32 Å². The first kappa shape index (κ1) is 14.3. The summed E-state index contributed by atoms with van der Waals surface area (Å²) in [5.74, 6) is -0.966. The summed E-state index contributed by atoms with van der Waals surface area (Å²) in [4.78, 5) is 10.9. The Bertz CT molecular complexity index is 187. The van der Waals surface area contributed by atoms with E-state index in [0.29, 0.717) is 13.2 Å². The number of hydrogen-bond acceptors (Lipinski definition) is 5. The van der Waals surface area contributed by atoms with E-state index in [-0.39, 0.29) is 19.8 Å². The van der Waals surface area contributed by atoms with Crippen LogP contribution in [0.3, 0.4) is 0 Å². The highest BCUT2D eigenvalue weighted by atomic mass is 16.5. The third kappa shape index (κ3) is 5.68. The number of aliphatic carboxylic acids is 1. The second kappa shape index (κ2) is 7.58. The average Bonchev–Trinajstić information content (AvgIpc) is 2.18. The van der Waals surface area contributed by atoms with E-state index in [1.54, 1.807) is 6.92 Å². The average molecular weight is 221 g/mol. The van der Waals surface area contributed by atoms with Crippen LogP contribution in [0.5, 0.6) is 0 Å². The van der Waals surface area contributed by atoms with Crippen LogP contribution >= 0.6 is 0 Å². The number of carboxylic acids is 1. The van der Waals surface area contributed by atoms with Gasteiger partial charge < -0.3 is 19.7 Å². The zero-order chi connectivity index (χ0) is 11.7. The Kier molecular flexibility index (Phi) is 7.23. The van der Waals surface area contributed by atoms with Gasteiger partial charge in [0.1, 0.15) is 5.54 Å². The number of hydrogen-bond donors (Lipinski definition) is 3. The molecule has 0 heterocycles. The molecule has 0 aromatic heterocycles. The minimum atomic E-state index is -1.10. The van der Waals surface area contributed by atoms with Crippen LogP contribution in [0.1, 0.15) is 6.92 Å². The summed E-state index contributed by atoms with van der Waals surface area (Å²) in [7, 11) is 1.45. The summed E-state index contributed by atoms with van der Waals surface area (Å²) in [6.07, 6.45) is 0. The van der Waals surface area contributed by atoms with Crippen molar-refractivity contribution in [2.75, 3.05) is 40.1 Å². The van der Waals surface area contributed by atoms with Crippen LogP contribution in [0, 0.1) is 0 Å². The molecule has 0 aromatic carbocycles. The molecule has 0 radical (unpaired) electrons. The molecule has 0 saturated heterocycles. The molecule has 90 valence electrons. The third-order valence-electron chi connectivity index (χ3n) is 1.90. The monoisotopic (exact) mass is 221 g/mol. The second-order valence-corrected chi connectivity index (χ2v) is 3.33. The van der Waals surface area contributed by atoms with Gasteiger partial charge in [0.25, 0.3) is 0 Å². The fraction of sp³-hybridized carbons (Fsp3) is 0.889. The lowest BCUT2D eigenvalue weighted by Crippen LogP contribution is -2.53. The molecule has 0 bridgehead atoms. The van der Waals surface area contributed by atoms with Crippen molar-refractivity contribution in [1.29, 1.82) is 0 Å². The van der Waals surface area contributed by atoms with Crippen molar-refractivity contribution < 1.29 is 24.5 Å². The summed E-state index contributed by atoms with van der Waals surface area (Å²) in [5.41, 5.74) is -1.10. The van der Waals surface area contributed by atoms with Crippen LogP contribution in [0.25, 0.3) is 0 Å². The van der Waals surface area contributed by atoms with E-state index in [0.717, 1.165) is 0 Å². The van der Waals surface area contributed by atoms with E-state index in [1.807, 2.05) is 0 Å². The second-order valence-electron chi connectivity index (χ2n) is 3.33. The molecule has 0 spiro atoms. The Hall–Kier alpha value is -0.690. The third-order valence-corrected chi connectivity index (χ3v) is 1.90. The standard InChI is InChI=1S/C9H19NO5/c1-9(7-14-2,8(12)13)10-3-5-15-6-4-11/h10-11H,3-7H2,1-2H3,(H,12,13). The van der Waals surface area contributed by atoms with Gasteiger partial charge in [-0.2, -0.15) is 0 Å². The lowest BCUT2D eigenvalue weighted by Gasteiger charge is -2.25. The van der Waals surface area contributed by atoms with Gasteiger partial charge in [0, 0.05) is 13.7 Å². The highest BCUT2D eigenvalue weighted by molar-refractivity contribution is 5.78. The Balaban J connectivity index is 3.81. The molecule has 15 heavy (non-hydrogen) atoms. The zero-order valence-electron chi connectivity index (χ0n) is 9.15. The van der Waals surface area contributed by atoms with Crippen molar-refractivity contribution in [2.24, 2.45) is 0 Å². The smallest absolute Gasteiger partial charge is 0.326 e. The first-order valence-electron chi connectivity index (χ1n) is 4.73. The fourth-order valence-corrected chi connectivity index (χ4v) is 1.04. The molecular weight excluding hydrogens is 202 g/mol. The topological polar surface area (TPSA) is 88.0 Å². The minimum Gasteiger partial charge on any atom is -0.480 e. The van der Waals surface area contributed by atoms with Crippen LogP contribution in [0.15, 0.2) is 0 Å². The van der Waals surface area contributed by atoms with Crippen LogP contribution in [-0.2, 0) is 14.3 Å². The summed E-state index contributed by atoms with van der Waals surface area (Å²) in [6.45, 7) is 2.61. The maximum Gasteiger partial charge on any atom is 0.326 e. The van der Waals surface area contributed by atoms with Crippen molar-refractivity contribution in [3.8, 4) is 0 Å². The van der Waals surface area contributed by atoms with Crippen LogP contribution in [-0.4, -0.2) is 61.8 Å². The predicted molar refractivity (Wildman–Crippen MR) is 53.8 cm³/mol. The summed E-state index contributed by atoms with van der Waals surface area (Å²) < 4.78 is 9.81. The van der Waals surface area contributed by atoms with E-state index < -0.39 is 11.5 Å². The number of carbonyl (C=O) groups is 1. The number of carboxylic acid groups (broad SMARTS) is 1. The molecule has 0 aliphatic carbocycles. The summed E-state index contributed by atoms with van der Waals surface area (Å²) in [6, 6.07) is 0. The molecule has 6 heteroatoms. The minimum absolute atomic E-state index is 0.0335. The number of nitrogens with one attached hydrogen (secondary N) is 1. The van der Waals surface area contributed by atoms with Gasteiger partial charge in [-0.1, -0.05) is 0 Å². The van der Waals surface area contributed by atoms with Crippen molar-refractivity contribution in [3.05, 3.63) is 0 Å².